The van der Waals surface area contributed by atoms with Gasteiger partial charge in [-0.25, -0.2) is 0 Å². The van der Waals surface area contributed by atoms with Gasteiger partial charge in [0.15, 0.2) is 0 Å². The average Bonchev–Trinajstić information content (AvgIpc) is 1.82. The molecule has 4 nitrogen and oxygen atoms in total. The van der Waals surface area contributed by atoms with Gasteiger partial charge in [-0.05, 0) is 34.7 Å². The molecule has 0 spiro atoms. The highest BCUT2D eigenvalue weighted by Gasteiger charge is 2.27. The molecule has 13 heavy (non-hydrogen) atoms. The van der Waals surface area contributed by atoms with Crippen LogP contribution in [0.1, 0.15) is 27.7 Å². The maximum absolute atomic E-state index is 10.7. The van der Waals surface area contributed by atoms with Gasteiger partial charge in [0, 0.05) is 0 Å². The molecule has 0 aromatic carbocycles. The second-order valence-corrected chi connectivity index (χ2v) is 4.04. The Balaban J connectivity index is 4.22. The van der Waals surface area contributed by atoms with E-state index in [0.29, 0.717) is 0 Å². The molecule has 4 heteroatoms. The predicted octanol–water partition coefficient (Wildman–Crippen LogP) is 0.863. The van der Waals surface area contributed by atoms with Crippen LogP contribution in [0.5, 0.6) is 0 Å². The number of aliphatic carboxylic acids is 1. The lowest BCUT2D eigenvalue weighted by Gasteiger charge is -2.28. The van der Waals surface area contributed by atoms with Crippen LogP contribution >= 0.6 is 0 Å². The van der Waals surface area contributed by atoms with Gasteiger partial charge in [-0.3, -0.25) is 4.79 Å². The van der Waals surface area contributed by atoms with Gasteiger partial charge in [-0.2, -0.15) is 0 Å². The number of ether oxygens (including phenoxy) is 1. The Morgan fingerprint density at radius 3 is 2.15 bits per heavy atom. The molecule has 0 unspecified atom stereocenters. The molecule has 0 saturated heterocycles. The second kappa shape index (κ2) is 4.58. The maximum Gasteiger partial charge on any atom is 0.323 e. The van der Waals surface area contributed by atoms with Gasteiger partial charge in [-0.1, -0.05) is 0 Å². The van der Waals surface area contributed by atoms with E-state index < -0.39 is 12.0 Å². The maximum atomic E-state index is 10.7. The predicted molar refractivity (Wildman–Crippen MR) is 50.8 cm³/mol. The molecule has 0 aliphatic heterocycles. The molecule has 0 rings (SSSR count). The van der Waals surface area contributed by atoms with Crippen molar-refractivity contribution in [1.29, 1.82) is 0 Å². The standard InChI is InChI=1S/C9H19NO3/c1-6(13-9(2,3)4)7(10-5)8(11)12/h6-7,10H,1-5H3,(H,11,12)/t6-,7-/m1/s1. The highest BCUT2D eigenvalue weighted by atomic mass is 16.5. The number of hydrogen-bond acceptors (Lipinski definition) is 3. The lowest BCUT2D eigenvalue weighted by Crippen LogP contribution is -2.46. The summed E-state index contributed by atoms with van der Waals surface area (Å²) >= 11 is 0. The fourth-order valence-corrected chi connectivity index (χ4v) is 1.18. The van der Waals surface area contributed by atoms with Crippen molar-refractivity contribution in [3.8, 4) is 0 Å². The Labute approximate surface area is 79.3 Å². The van der Waals surface area contributed by atoms with Gasteiger partial charge in [0.05, 0.1) is 11.7 Å². The van der Waals surface area contributed by atoms with E-state index in [1.807, 2.05) is 20.8 Å². The van der Waals surface area contributed by atoms with E-state index in [1.165, 1.54) is 0 Å². The molecule has 0 heterocycles. The molecule has 2 N–H and O–H groups in total. The smallest absolute Gasteiger partial charge is 0.323 e. The van der Waals surface area contributed by atoms with Gasteiger partial charge >= 0.3 is 5.97 Å². The Morgan fingerprint density at radius 2 is 1.92 bits per heavy atom. The van der Waals surface area contributed by atoms with Crippen LogP contribution in [0.4, 0.5) is 0 Å². The zero-order chi connectivity index (χ0) is 10.6. The van der Waals surface area contributed by atoms with Gasteiger partial charge in [0.2, 0.25) is 0 Å². The van der Waals surface area contributed by atoms with Crippen molar-refractivity contribution in [3.63, 3.8) is 0 Å². The topological polar surface area (TPSA) is 58.6 Å². The van der Waals surface area contributed by atoms with Crippen molar-refractivity contribution in [2.75, 3.05) is 7.05 Å². The molecular formula is C9H19NO3. The minimum atomic E-state index is -0.890. The highest BCUT2D eigenvalue weighted by molar-refractivity contribution is 5.74. The van der Waals surface area contributed by atoms with E-state index in [9.17, 15) is 4.79 Å². The molecule has 0 fully saturated rings. The van der Waals surface area contributed by atoms with Crippen molar-refractivity contribution in [2.45, 2.75) is 45.4 Å². The molecule has 0 aliphatic rings. The van der Waals surface area contributed by atoms with Crippen molar-refractivity contribution in [3.05, 3.63) is 0 Å². The van der Waals surface area contributed by atoms with Crippen LogP contribution in [0.15, 0.2) is 0 Å². The molecular weight excluding hydrogens is 170 g/mol. The minimum Gasteiger partial charge on any atom is -0.480 e. The summed E-state index contributed by atoms with van der Waals surface area (Å²) in [6, 6.07) is -0.653. The summed E-state index contributed by atoms with van der Waals surface area (Å²) in [6.07, 6.45) is -0.345. The summed E-state index contributed by atoms with van der Waals surface area (Å²) < 4.78 is 5.51. The van der Waals surface area contributed by atoms with E-state index in [0.717, 1.165) is 0 Å². The van der Waals surface area contributed by atoms with Gasteiger partial charge in [-0.15, -0.1) is 0 Å². The van der Waals surface area contributed by atoms with Gasteiger partial charge < -0.3 is 15.2 Å². The first-order valence-electron chi connectivity index (χ1n) is 4.36. The molecule has 0 radical (unpaired) electrons. The van der Waals surface area contributed by atoms with Crippen molar-refractivity contribution in [1.82, 2.24) is 5.32 Å². The largest absolute Gasteiger partial charge is 0.480 e. The second-order valence-electron chi connectivity index (χ2n) is 4.04. The van der Waals surface area contributed by atoms with Gasteiger partial charge in [0.25, 0.3) is 0 Å². The van der Waals surface area contributed by atoms with Crippen LogP contribution in [-0.2, 0) is 9.53 Å². The lowest BCUT2D eigenvalue weighted by atomic mass is 10.1. The van der Waals surface area contributed by atoms with Crippen LogP contribution in [0.25, 0.3) is 0 Å². The first-order chi connectivity index (χ1) is 5.78. The zero-order valence-corrected chi connectivity index (χ0v) is 8.92. The summed E-state index contributed by atoms with van der Waals surface area (Å²) in [5.74, 6) is -0.890. The fourth-order valence-electron chi connectivity index (χ4n) is 1.18. The number of carboxylic acids is 1. The zero-order valence-electron chi connectivity index (χ0n) is 8.92. The number of nitrogens with one attached hydrogen (secondary N) is 1. The minimum absolute atomic E-state index is 0.316. The van der Waals surface area contributed by atoms with Crippen LogP contribution < -0.4 is 5.32 Å². The molecule has 0 amide bonds. The van der Waals surface area contributed by atoms with Crippen LogP contribution in [-0.4, -0.2) is 35.9 Å². The van der Waals surface area contributed by atoms with E-state index in [2.05, 4.69) is 5.32 Å². The third kappa shape index (κ3) is 4.85. The van der Waals surface area contributed by atoms with Crippen LogP contribution in [0, 0.1) is 0 Å². The third-order valence-electron chi connectivity index (χ3n) is 1.59. The molecule has 0 aromatic heterocycles. The molecule has 0 bridgehead atoms. The molecule has 2 atom stereocenters. The number of carboxylic acid groups (broad SMARTS) is 1. The molecule has 0 aromatic rings. The van der Waals surface area contributed by atoms with Crippen LogP contribution in [0.2, 0.25) is 0 Å². The quantitative estimate of drug-likeness (QED) is 0.688. The summed E-state index contributed by atoms with van der Waals surface area (Å²) in [6.45, 7) is 7.45. The lowest BCUT2D eigenvalue weighted by molar-refractivity contribution is -0.147. The number of carbonyl (C=O) groups is 1. The Kier molecular flexibility index (Phi) is 4.36. The summed E-state index contributed by atoms with van der Waals surface area (Å²) in [4.78, 5) is 10.7. The van der Waals surface area contributed by atoms with Crippen molar-refractivity contribution < 1.29 is 14.6 Å². The average molecular weight is 189 g/mol. The highest BCUT2D eigenvalue weighted by Crippen LogP contribution is 2.12. The first-order valence-corrected chi connectivity index (χ1v) is 4.36. The first kappa shape index (κ1) is 12.4. The third-order valence-corrected chi connectivity index (χ3v) is 1.59. The summed E-state index contributed by atoms with van der Waals surface area (Å²) in [5, 5.41) is 11.5. The normalized spacial score (nSPS) is 16.7. The summed E-state index contributed by atoms with van der Waals surface area (Å²) in [5.41, 5.74) is -0.316. The number of rotatable bonds is 4. The number of hydrogen-bond donors (Lipinski definition) is 2. The van der Waals surface area contributed by atoms with Crippen LogP contribution in [0.3, 0.4) is 0 Å². The molecule has 78 valence electrons. The Hall–Kier alpha value is -0.610. The Morgan fingerprint density at radius 1 is 1.46 bits per heavy atom. The fraction of sp³-hybridized carbons (Fsp3) is 0.889. The number of likely N-dealkylation sites (N-methyl/N-ethyl adjacent to an activating group) is 1. The van der Waals surface area contributed by atoms with E-state index in [-0.39, 0.29) is 11.7 Å². The monoisotopic (exact) mass is 189 g/mol. The molecule has 0 aliphatic carbocycles. The van der Waals surface area contributed by atoms with E-state index in [4.69, 9.17) is 9.84 Å². The van der Waals surface area contributed by atoms with Crippen molar-refractivity contribution >= 4 is 5.97 Å². The van der Waals surface area contributed by atoms with Gasteiger partial charge in [0.1, 0.15) is 6.04 Å². The van der Waals surface area contributed by atoms with E-state index in [1.54, 1.807) is 14.0 Å². The molecule has 0 saturated carbocycles. The Bertz CT molecular complexity index is 174. The van der Waals surface area contributed by atoms with Crippen molar-refractivity contribution in [2.24, 2.45) is 0 Å². The SMILES string of the molecule is CN[C@@H](C(=O)O)[C@@H](C)OC(C)(C)C. The van der Waals surface area contributed by atoms with E-state index >= 15 is 0 Å². The summed E-state index contributed by atoms with van der Waals surface area (Å²) in [7, 11) is 1.61.